The zero-order valence-corrected chi connectivity index (χ0v) is 16.2. The summed E-state index contributed by atoms with van der Waals surface area (Å²) in [5.74, 6) is -0.199. The van der Waals surface area contributed by atoms with E-state index in [0.717, 1.165) is 0 Å². The van der Waals surface area contributed by atoms with E-state index in [1.165, 1.54) is 17.7 Å². The highest BCUT2D eigenvalue weighted by Gasteiger charge is 2.24. The fourth-order valence-corrected chi connectivity index (χ4v) is 3.80. The average molecular weight is 383 g/mol. The van der Waals surface area contributed by atoms with Crippen molar-refractivity contribution in [2.24, 2.45) is 0 Å². The SMILES string of the molecule is CSCCC(Nc1ncnc2sc(C(=O)OC(C)C)c(C)c12)C(=O)O. The Morgan fingerprint density at radius 1 is 1.40 bits per heavy atom. The van der Waals surface area contributed by atoms with Crippen molar-refractivity contribution in [2.75, 3.05) is 17.3 Å². The number of esters is 1. The number of ether oxygens (including phenoxy) is 1. The first-order valence-electron chi connectivity index (χ1n) is 7.78. The topological polar surface area (TPSA) is 101 Å². The van der Waals surface area contributed by atoms with Crippen molar-refractivity contribution in [3.8, 4) is 0 Å². The molecule has 2 rings (SSSR count). The van der Waals surface area contributed by atoms with E-state index >= 15 is 0 Å². The number of hydrogen-bond acceptors (Lipinski definition) is 8. The number of rotatable bonds is 8. The number of aliphatic carboxylic acids is 1. The number of aromatic nitrogens is 2. The van der Waals surface area contributed by atoms with Gasteiger partial charge in [-0.25, -0.2) is 19.6 Å². The Morgan fingerprint density at radius 2 is 2.12 bits per heavy atom. The lowest BCUT2D eigenvalue weighted by Gasteiger charge is -2.15. The second-order valence-corrected chi connectivity index (χ2v) is 7.71. The van der Waals surface area contributed by atoms with Crippen molar-refractivity contribution >= 4 is 51.1 Å². The number of nitrogens with zero attached hydrogens (tertiary/aromatic N) is 2. The molecule has 136 valence electrons. The maximum Gasteiger partial charge on any atom is 0.348 e. The van der Waals surface area contributed by atoms with E-state index in [0.29, 0.717) is 38.6 Å². The molecule has 2 heterocycles. The minimum absolute atomic E-state index is 0.219. The van der Waals surface area contributed by atoms with Crippen molar-refractivity contribution in [2.45, 2.75) is 39.3 Å². The lowest BCUT2D eigenvalue weighted by molar-refractivity contribution is -0.137. The fourth-order valence-electron chi connectivity index (χ4n) is 2.30. The van der Waals surface area contributed by atoms with Gasteiger partial charge in [-0.15, -0.1) is 11.3 Å². The summed E-state index contributed by atoms with van der Waals surface area (Å²) in [5, 5.41) is 13.1. The number of hydrogen-bond donors (Lipinski definition) is 2. The zero-order chi connectivity index (χ0) is 18.6. The van der Waals surface area contributed by atoms with Crippen molar-refractivity contribution in [3.05, 3.63) is 16.8 Å². The molecule has 9 heteroatoms. The van der Waals surface area contributed by atoms with Crippen LogP contribution < -0.4 is 5.32 Å². The number of fused-ring (bicyclic) bond motifs is 1. The molecule has 0 saturated carbocycles. The molecule has 0 bridgehead atoms. The predicted molar refractivity (Wildman–Crippen MR) is 101 cm³/mol. The summed E-state index contributed by atoms with van der Waals surface area (Å²) >= 11 is 2.81. The molecule has 2 aromatic rings. The van der Waals surface area contributed by atoms with Crippen LogP contribution in [0.1, 0.15) is 35.5 Å². The van der Waals surface area contributed by atoms with Gasteiger partial charge in [0.15, 0.2) is 0 Å². The van der Waals surface area contributed by atoms with Crippen LogP contribution in [0.4, 0.5) is 5.82 Å². The molecule has 2 aromatic heterocycles. The third kappa shape index (κ3) is 4.60. The first-order chi connectivity index (χ1) is 11.8. The van der Waals surface area contributed by atoms with Gasteiger partial charge in [0, 0.05) is 0 Å². The Morgan fingerprint density at radius 3 is 2.72 bits per heavy atom. The van der Waals surface area contributed by atoms with Crippen LogP contribution in [0.5, 0.6) is 0 Å². The van der Waals surface area contributed by atoms with Crippen molar-refractivity contribution in [3.63, 3.8) is 0 Å². The van der Waals surface area contributed by atoms with E-state index < -0.39 is 18.0 Å². The third-order valence-electron chi connectivity index (χ3n) is 3.47. The molecular formula is C16H21N3O4S2. The summed E-state index contributed by atoms with van der Waals surface area (Å²) in [6.45, 7) is 5.37. The predicted octanol–water partition coefficient (Wildman–Crippen LogP) is 3.18. The Labute approximate surface area is 154 Å². The van der Waals surface area contributed by atoms with Crippen LogP contribution in [0.3, 0.4) is 0 Å². The molecule has 0 aliphatic heterocycles. The van der Waals surface area contributed by atoms with Gasteiger partial charge >= 0.3 is 11.9 Å². The summed E-state index contributed by atoms with van der Waals surface area (Å²) in [7, 11) is 0. The standard InChI is InChI=1S/C16H21N3O4S2/c1-8(2)23-16(22)12-9(3)11-13(17-7-18-14(11)25-12)19-10(15(20)21)5-6-24-4/h7-8,10H,5-6H2,1-4H3,(H,20,21)(H,17,18,19). The number of nitrogens with one attached hydrogen (secondary N) is 1. The Hall–Kier alpha value is -1.87. The molecule has 0 spiro atoms. The first-order valence-corrected chi connectivity index (χ1v) is 9.99. The molecule has 25 heavy (non-hydrogen) atoms. The quantitative estimate of drug-likeness (QED) is 0.670. The smallest absolute Gasteiger partial charge is 0.348 e. The first kappa shape index (κ1) is 19.5. The second kappa shape index (κ2) is 8.48. The number of carbonyl (C=O) groups is 2. The molecule has 1 unspecified atom stereocenters. The largest absolute Gasteiger partial charge is 0.480 e. The highest BCUT2D eigenvalue weighted by molar-refractivity contribution is 7.98. The number of thioether (sulfide) groups is 1. The number of aryl methyl sites for hydroxylation is 1. The maximum atomic E-state index is 12.3. The molecule has 0 fully saturated rings. The van der Waals surface area contributed by atoms with Gasteiger partial charge in [-0.05, 0) is 44.8 Å². The molecule has 0 radical (unpaired) electrons. The lowest BCUT2D eigenvalue weighted by atomic mass is 10.1. The van der Waals surface area contributed by atoms with Crippen LogP contribution in [-0.2, 0) is 9.53 Å². The van der Waals surface area contributed by atoms with Gasteiger partial charge in [0.2, 0.25) is 0 Å². The van der Waals surface area contributed by atoms with E-state index in [4.69, 9.17) is 4.74 Å². The number of thiophene rings is 1. The van der Waals surface area contributed by atoms with E-state index in [1.54, 1.807) is 32.5 Å². The number of carboxylic acid groups (broad SMARTS) is 1. The number of anilines is 1. The lowest BCUT2D eigenvalue weighted by Crippen LogP contribution is -2.30. The van der Waals surface area contributed by atoms with Gasteiger partial charge < -0.3 is 15.2 Å². The van der Waals surface area contributed by atoms with Crippen molar-refractivity contribution < 1.29 is 19.4 Å². The van der Waals surface area contributed by atoms with Crippen molar-refractivity contribution in [1.82, 2.24) is 9.97 Å². The average Bonchev–Trinajstić information content (AvgIpc) is 2.88. The van der Waals surface area contributed by atoms with Gasteiger partial charge in [0.1, 0.15) is 27.9 Å². The molecule has 0 saturated heterocycles. The summed E-state index contributed by atoms with van der Waals surface area (Å²) < 4.78 is 5.26. The van der Waals surface area contributed by atoms with Gasteiger partial charge in [-0.2, -0.15) is 11.8 Å². The summed E-state index contributed by atoms with van der Waals surface area (Å²) in [5.41, 5.74) is 0.697. The van der Waals surface area contributed by atoms with Gasteiger partial charge in [-0.1, -0.05) is 0 Å². The molecular weight excluding hydrogens is 362 g/mol. The monoisotopic (exact) mass is 383 g/mol. The molecule has 2 N–H and O–H groups in total. The van der Waals surface area contributed by atoms with E-state index in [1.807, 2.05) is 6.26 Å². The second-order valence-electron chi connectivity index (χ2n) is 5.73. The maximum absolute atomic E-state index is 12.3. The molecule has 0 aliphatic carbocycles. The number of carbonyl (C=O) groups excluding carboxylic acids is 1. The number of carboxylic acids is 1. The summed E-state index contributed by atoms with van der Waals surface area (Å²) in [6.07, 6.45) is 3.54. The van der Waals surface area contributed by atoms with E-state index in [9.17, 15) is 14.7 Å². The van der Waals surface area contributed by atoms with Crippen LogP contribution in [0.25, 0.3) is 10.2 Å². The van der Waals surface area contributed by atoms with Crippen LogP contribution in [0, 0.1) is 6.92 Å². The van der Waals surface area contributed by atoms with Crippen LogP contribution in [0.15, 0.2) is 6.33 Å². The third-order valence-corrected chi connectivity index (χ3v) is 5.30. The highest BCUT2D eigenvalue weighted by Crippen LogP contribution is 2.34. The molecule has 1 atom stereocenters. The van der Waals surface area contributed by atoms with E-state index in [-0.39, 0.29) is 6.10 Å². The Kier molecular flexibility index (Phi) is 6.60. The van der Waals surface area contributed by atoms with Gasteiger partial charge in [-0.3, -0.25) is 0 Å². The van der Waals surface area contributed by atoms with Gasteiger partial charge in [0.05, 0.1) is 11.5 Å². The summed E-state index contributed by atoms with van der Waals surface area (Å²) in [4.78, 5) is 33.2. The fraction of sp³-hybridized carbons (Fsp3) is 0.500. The Balaban J connectivity index is 2.39. The minimum atomic E-state index is -0.937. The van der Waals surface area contributed by atoms with Crippen LogP contribution in [0.2, 0.25) is 0 Å². The zero-order valence-electron chi connectivity index (χ0n) is 14.5. The van der Waals surface area contributed by atoms with Crippen molar-refractivity contribution in [1.29, 1.82) is 0 Å². The summed E-state index contributed by atoms with van der Waals surface area (Å²) in [6, 6.07) is -0.754. The Bertz CT molecular complexity index is 776. The normalized spacial score (nSPS) is 12.4. The molecule has 7 nitrogen and oxygen atoms in total. The van der Waals surface area contributed by atoms with Crippen LogP contribution >= 0.6 is 23.1 Å². The highest BCUT2D eigenvalue weighted by atomic mass is 32.2. The van der Waals surface area contributed by atoms with Gasteiger partial charge in [0.25, 0.3) is 0 Å². The van der Waals surface area contributed by atoms with Crippen LogP contribution in [-0.4, -0.2) is 51.2 Å². The van der Waals surface area contributed by atoms with E-state index in [2.05, 4.69) is 15.3 Å². The molecule has 0 amide bonds. The minimum Gasteiger partial charge on any atom is -0.480 e. The molecule has 0 aromatic carbocycles. The molecule has 0 aliphatic rings.